The van der Waals surface area contributed by atoms with Gasteiger partial charge in [-0.2, -0.15) is 14.5 Å². The molecule has 88 valence electrons. The summed E-state index contributed by atoms with van der Waals surface area (Å²) in [7, 11) is 1.35. The quantitative estimate of drug-likeness (QED) is 0.513. The van der Waals surface area contributed by atoms with Crippen molar-refractivity contribution in [3.63, 3.8) is 0 Å². The molecule has 8 nitrogen and oxygen atoms in total. The number of fused-ring (bicyclic) bond motifs is 1. The van der Waals surface area contributed by atoms with Crippen LogP contribution in [0, 0.1) is 0 Å². The van der Waals surface area contributed by atoms with Gasteiger partial charge in [0.25, 0.3) is 5.29 Å². The second kappa shape index (κ2) is 3.74. The summed E-state index contributed by atoms with van der Waals surface area (Å²) in [5, 5.41) is 8.45. The van der Waals surface area contributed by atoms with E-state index in [0.29, 0.717) is 4.90 Å². The number of aliphatic carboxylic acids is 1. The third-order valence-corrected chi connectivity index (χ3v) is 2.36. The van der Waals surface area contributed by atoms with E-state index >= 15 is 0 Å². The number of halogens is 1. The number of amides is 3. The molecule has 0 aromatic carbocycles. The molecule has 3 amide bonds. The lowest BCUT2D eigenvalue weighted by atomic mass is 10.2. The van der Waals surface area contributed by atoms with Crippen molar-refractivity contribution >= 4 is 46.4 Å². The summed E-state index contributed by atoms with van der Waals surface area (Å²) in [4.78, 5) is 42.0. The molecule has 0 spiro atoms. The van der Waals surface area contributed by atoms with Gasteiger partial charge in [0.15, 0.2) is 6.54 Å². The molecule has 0 aromatic heterocycles. The monoisotopic (exact) mass is 257 g/mol. The van der Waals surface area contributed by atoms with Crippen molar-refractivity contribution < 1.29 is 24.1 Å². The molecule has 2 aliphatic heterocycles. The fourth-order valence-electron chi connectivity index (χ4n) is 1.45. The van der Waals surface area contributed by atoms with Gasteiger partial charge >= 0.3 is 23.7 Å². The van der Waals surface area contributed by atoms with Crippen molar-refractivity contribution in [2.24, 2.45) is 9.98 Å². The van der Waals surface area contributed by atoms with Crippen molar-refractivity contribution in [1.82, 2.24) is 4.90 Å². The second-order valence-corrected chi connectivity index (χ2v) is 3.63. The molecule has 17 heavy (non-hydrogen) atoms. The van der Waals surface area contributed by atoms with Crippen molar-refractivity contribution in [2.45, 2.75) is 0 Å². The normalized spacial score (nSPS) is 19.3. The molecule has 0 radical (unpaired) electrons. The summed E-state index contributed by atoms with van der Waals surface area (Å²) in [5.74, 6) is -2.08. The summed E-state index contributed by atoms with van der Waals surface area (Å²) >= 11 is 5.54. The van der Waals surface area contributed by atoms with Crippen LogP contribution in [-0.2, 0) is 9.59 Å². The maximum atomic E-state index is 11.8. The third kappa shape index (κ3) is 1.72. The van der Waals surface area contributed by atoms with E-state index in [2.05, 4.69) is 9.98 Å². The van der Waals surface area contributed by atoms with Crippen LogP contribution in [0.4, 0.5) is 4.79 Å². The van der Waals surface area contributed by atoms with Crippen molar-refractivity contribution in [1.29, 1.82) is 0 Å². The number of carboxylic acids is 1. The maximum Gasteiger partial charge on any atom is 0.446 e. The first-order chi connectivity index (χ1) is 7.91. The summed E-state index contributed by atoms with van der Waals surface area (Å²) in [6.07, 6.45) is 0. The number of carbonyl (C=O) groups is 3. The Bertz CT molecular complexity index is 548. The number of hydrogen-bond donors (Lipinski definition) is 1. The van der Waals surface area contributed by atoms with Gasteiger partial charge in [0.05, 0.1) is 7.05 Å². The van der Waals surface area contributed by atoms with Gasteiger partial charge in [-0.15, -0.1) is 0 Å². The molecule has 2 aliphatic rings. The van der Waals surface area contributed by atoms with Crippen molar-refractivity contribution in [2.75, 3.05) is 13.6 Å². The Balaban J connectivity index is 2.48. The van der Waals surface area contributed by atoms with E-state index in [1.807, 2.05) is 0 Å². The molecule has 0 saturated heterocycles. The summed E-state index contributed by atoms with van der Waals surface area (Å²) in [5.41, 5.74) is -0.127. The molecule has 0 aromatic rings. The molecule has 2 rings (SSSR count). The first-order valence-corrected chi connectivity index (χ1v) is 4.81. The molecule has 0 atom stereocenters. The van der Waals surface area contributed by atoms with E-state index in [-0.39, 0.29) is 16.8 Å². The molecule has 9 heteroatoms. The van der Waals surface area contributed by atoms with Crippen LogP contribution in [0.15, 0.2) is 9.98 Å². The number of hydrogen-bond acceptors (Lipinski definition) is 5. The highest BCUT2D eigenvalue weighted by atomic mass is 35.5. The fraction of sp³-hybridized carbons (Fsp3) is 0.250. The Morgan fingerprint density at radius 1 is 1.47 bits per heavy atom. The summed E-state index contributed by atoms with van der Waals surface area (Å²) < 4.78 is 1.03. The van der Waals surface area contributed by atoms with Gasteiger partial charge in [-0.05, 0) is 11.6 Å². The largest absolute Gasteiger partial charge is 0.479 e. The first-order valence-electron chi connectivity index (χ1n) is 4.43. The number of aliphatic imine (C=N–C) groups is 2. The first kappa shape index (κ1) is 11.4. The maximum absolute atomic E-state index is 11.8. The van der Waals surface area contributed by atoms with Gasteiger partial charge in [0.2, 0.25) is 5.71 Å². The van der Waals surface area contributed by atoms with E-state index in [1.54, 1.807) is 0 Å². The van der Waals surface area contributed by atoms with Crippen molar-refractivity contribution in [3.8, 4) is 0 Å². The average molecular weight is 258 g/mol. The van der Waals surface area contributed by atoms with Gasteiger partial charge in [-0.25, -0.2) is 14.4 Å². The molecule has 0 unspecified atom stereocenters. The lowest BCUT2D eigenvalue weighted by molar-refractivity contribution is -0.401. The van der Waals surface area contributed by atoms with E-state index in [9.17, 15) is 14.4 Å². The standard InChI is InChI=1S/C8H5ClN4O4/c1-12-5-4(10-7(9)11-5)6(16)13(8(12)17)2-3(14)15/h2H2,1H3/p+1. The van der Waals surface area contributed by atoms with Crippen LogP contribution in [0.5, 0.6) is 0 Å². The summed E-state index contributed by atoms with van der Waals surface area (Å²) in [6, 6.07) is -0.776. The fourth-order valence-corrected chi connectivity index (χ4v) is 1.61. The molecular formula is C8H6ClN4O4+. The molecule has 0 aliphatic carbocycles. The van der Waals surface area contributed by atoms with Crippen molar-refractivity contribution in [3.05, 3.63) is 0 Å². The third-order valence-electron chi connectivity index (χ3n) is 2.19. The highest BCUT2D eigenvalue weighted by molar-refractivity contribution is 6.78. The van der Waals surface area contributed by atoms with Gasteiger partial charge in [-0.3, -0.25) is 0 Å². The van der Waals surface area contributed by atoms with Crippen LogP contribution in [0.2, 0.25) is 0 Å². The van der Waals surface area contributed by atoms with E-state index < -0.39 is 24.5 Å². The SMILES string of the molecule is C[N+]1=C2N=C(Cl)N=C2C(=O)N(CC(=O)O)C1=O. The minimum atomic E-state index is -1.30. The molecule has 1 N–H and O–H groups in total. The smallest absolute Gasteiger partial charge is 0.446 e. The number of urea groups is 1. The van der Waals surface area contributed by atoms with Gasteiger partial charge in [0.1, 0.15) is 0 Å². The van der Waals surface area contributed by atoms with Crippen LogP contribution in [0.25, 0.3) is 0 Å². The Morgan fingerprint density at radius 3 is 2.71 bits per heavy atom. The average Bonchev–Trinajstić information content (AvgIpc) is 2.63. The highest BCUT2D eigenvalue weighted by Gasteiger charge is 2.46. The number of amidine groups is 2. The van der Waals surface area contributed by atoms with E-state index in [4.69, 9.17) is 16.7 Å². The van der Waals surface area contributed by atoms with Crippen LogP contribution in [-0.4, -0.2) is 62.9 Å². The second-order valence-electron chi connectivity index (χ2n) is 3.29. The number of imide groups is 1. The zero-order valence-corrected chi connectivity index (χ0v) is 9.30. The van der Waals surface area contributed by atoms with Crippen LogP contribution >= 0.6 is 11.6 Å². The number of carbonyl (C=O) groups excluding carboxylic acids is 2. The van der Waals surface area contributed by atoms with Crippen LogP contribution in [0.1, 0.15) is 0 Å². The van der Waals surface area contributed by atoms with E-state index in [1.165, 1.54) is 7.05 Å². The molecular weight excluding hydrogens is 252 g/mol. The predicted molar refractivity (Wildman–Crippen MR) is 56.7 cm³/mol. The Hall–Kier alpha value is -2.09. The van der Waals surface area contributed by atoms with Crippen LogP contribution < -0.4 is 0 Å². The lowest BCUT2D eigenvalue weighted by Gasteiger charge is -2.17. The Morgan fingerprint density at radius 2 is 2.12 bits per heavy atom. The lowest BCUT2D eigenvalue weighted by Crippen LogP contribution is -2.54. The zero-order chi connectivity index (χ0) is 12.7. The topological polar surface area (TPSA) is 102 Å². The number of rotatable bonds is 2. The Labute approximate surface area is 99.5 Å². The number of carboxylic acid groups (broad SMARTS) is 1. The van der Waals surface area contributed by atoms with Crippen LogP contribution in [0.3, 0.4) is 0 Å². The zero-order valence-electron chi connectivity index (χ0n) is 8.55. The number of nitrogens with zero attached hydrogens (tertiary/aromatic N) is 4. The molecule has 0 bridgehead atoms. The van der Waals surface area contributed by atoms with E-state index in [0.717, 1.165) is 4.58 Å². The molecule has 0 saturated carbocycles. The van der Waals surface area contributed by atoms with Gasteiger partial charge < -0.3 is 5.11 Å². The molecule has 0 fully saturated rings. The summed E-state index contributed by atoms with van der Waals surface area (Å²) in [6.45, 7) is -0.730. The highest BCUT2D eigenvalue weighted by Crippen LogP contribution is 2.12. The minimum Gasteiger partial charge on any atom is -0.479 e. The minimum absolute atomic E-state index is 0.0339. The van der Waals surface area contributed by atoms with Gasteiger partial charge in [-0.1, -0.05) is 4.99 Å². The predicted octanol–water partition coefficient (Wildman–Crippen LogP) is -0.877. The molecule has 2 heterocycles. The Kier molecular flexibility index (Phi) is 2.50. The van der Waals surface area contributed by atoms with Gasteiger partial charge in [0, 0.05) is 0 Å².